The third kappa shape index (κ3) is 4.67. The maximum absolute atomic E-state index is 13.7. The zero-order valence-corrected chi connectivity index (χ0v) is 25.4. The highest BCUT2D eigenvalue weighted by atomic mass is 16.5. The maximum Gasteiger partial charge on any atom is 0.407 e. The number of likely N-dealkylation sites (tertiary alicyclic amines) is 1. The van der Waals surface area contributed by atoms with Gasteiger partial charge in [0, 0.05) is 24.4 Å². The molecule has 7 rings (SSSR count). The second-order valence-electron chi connectivity index (χ2n) is 13.9. The number of fused-ring (bicyclic) bond motifs is 2. The number of ether oxygens (including phenoxy) is 1. The molecule has 2 aliphatic heterocycles. The van der Waals surface area contributed by atoms with E-state index in [0.717, 1.165) is 25.0 Å². The van der Waals surface area contributed by atoms with Crippen molar-refractivity contribution in [3.05, 3.63) is 64.9 Å². The number of hydrogen-bond acceptors (Lipinski definition) is 4. The number of methoxy groups -OCH3 is 1. The van der Waals surface area contributed by atoms with Gasteiger partial charge in [0.25, 0.3) is 0 Å². The van der Waals surface area contributed by atoms with Crippen molar-refractivity contribution in [1.82, 2.24) is 10.2 Å². The summed E-state index contributed by atoms with van der Waals surface area (Å²) >= 11 is 0. The fraction of sp³-hybridized carbons (Fsp3) is 0.528. The lowest BCUT2D eigenvalue weighted by Crippen LogP contribution is -2.54. The summed E-state index contributed by atoms with van der Waals surface area (Å²) in [5, 5.41) is 2.77. The van der Waals surface area contributed by atoms with Crippen molar-refractivity contribution in [1.29, 1.82) is 0 Å². The number of piperidine rings is 1. The minimum Gasteiger partial charge on any atom is -0.453 e. The minimum absolute atomic E-state index is 0.00646. The molecule has 1 N–H and O–H groups in total. The molecular formula is C36H43N3O3. The Kier molecular flexibility index (Phi) is 6.79. The van der Waals surface area contributed by atoms with E-state index >= 15 is 0 Å². The number of alkyl carbamates (subject to hydrolysis) is 1. The molecule has 6 nitrogen and oxygen atoms in total. The highest BCUT2D eigenvalue weighted by molar-refractivity contribution is 6.04. The lowest BCUT2D eigenvalue weighted by molar-refractivity contribution is -0.135. The zero-order valence-electron chi connectivity index (χ0n) is 25.4. The van der Waals surface area contributed by atoms with Gasteiger partial charge < -0.3 is 15.0 Å². The van der Waals surface area contributed by atoms with Crippen LogP contribution in [0.2, 0.25) is 0 Å². The fourth-order valence-corrected chi connectivity index (χ4v) is 8.44. The molecule has 2 saturated carbocycles. The number of amides is 2. The lowest BCUT2D eigenvalue weighted by atomic mass is 9.83. The van der Waals surface area contributed by atoms with Gasteiger partial charge in [0.2, 0.25) is 5.91 Å². The topological polar surface area (TPSA) is 71.0 Å². The molecule has 0 radical (unpaired) electrons. The number of benzene rings is 2. The molecule has 0 bridgehead atoms. The van der Waals surface area contributed by atoms with Gasteiger partial charge in [0.15, 0.2) is 0 Å². The standard InChI is InChI=1S/C36H43N3O3/c1-21(2)33(38-35(41)42-4)34(40)39-31-16-25(31)17-32(39)30-15-26(20-37-30)23-8-10-24(11-9-23)27-12-7-22(3)28-18-36(19-29(27)28)13-5-6-14-36/h7-12,20-21,25,31-33H,5-6,13-19H2,1-4H3,(H,38,41)/t25?,31?,32-,33-/m0/s1. The number of hydrogen-bond donors (Lipinski definition) is 1. The van der Waals surface area contributed by atoms with Crippen molar-refractivity contribution in [2.75, 3.05) is 7.11 Å². The quantitative estimate of drug-likeness (QED) is 0.415. The van der Waals surface area contributed by atoms with E-state index in [1.165, 1.54) is 73.5 Å². The second kappa shape index (κ2) is 10.4. The number of aryl methyl sites for hydroxylation is 1. The summed E-state index contributed by atoms with van der Waals surface area (Å²) in [7, 11) is 1.33. The van der Waals surface area contributed by atoms with Crippen molar-refractivity contribution in [3.63, 3.8) is 0 Å². The molecular weight excluding hydrogens is 522 g/mol. The largest absolute Gasteiger partial charge is 0.453 e. The first-order valence-electron chi connectivity index (χ1n) is 15.9. The van der Waals surface area contributed by atoms with Gasteiger partial charge in [-0.25, -0.2) is 4.79 Å². The first kappa shape index (κ1) is 27.4. The first-order chi connectivity index (χ1) is 20.3. The molecule has 2 aromatic rings. The fourth-order valence-electron chi connectivity index (χ4n) is 8.44. The van der Waals surface area contributed by atoms with Crippen LogP contribution in [0.1, 0.15) is 81.0 Å². The van der Waals surface area contributed by atoms with E-state index in [4.69, 9.17) is 9.73 Å². The van der Waals surface area contributed by atoms with E-state index in [9.17, 15) is 9.59 Å². The Morgan fingerprint density at radius 3 is 2.43 bits per heavy atom. The van der Waals surface area contributed by atoms with E-state index in [1.807, 2.05) is 24.9 Å². The summed E-state index contributed by atoms with van der Waals surface area (Å²) in [4.78, 5) is 32.6. The first-order valence-corrected chi connectivity index (χ1v) is 15.9. The molecule has 5 aliphatic rings. The van der Waals surface area contributed by atoms with Crippen molar-refractivity contribution in [2.24, 2.45) is 22.2 Å². The Morgan fingerprint density at radius 1 is 1.00 bits per heavy atom. The highest BCUT2D eigenvalue weighted by Crippen LogP contribution is 2.52. The van der Waals surface area contributed by atoms with Crippen LogP contribution < -0.4 is 5.32 Å². The lowest BCUT2D eigenvalue weighted by Gasteiger charge is -2.33. The van der Waals surface area contributed by atoms with Crippen molar-refractivity contribution in [2.45, 2.75) is 96.7 Å². The van der Waals surface area contributed by atoms with Gasteiger partial charge in [-0.1, -0.05) is 63.1 Å². The molecule has 1 spiro atoms. The van der Waals surface area contributed by atoms with E-state index in [2.05, 4.69) is 48.6 Å². The van der Waals surface area contributed by atoms with Crippen LogP contribution >= 0.6 is 0 Å². The highest BCUT2D eigenvalue weighted by Gasteiger charge is 2.56. The predicted octanol–water partition coefficient (Wildman–Crippen LogP) is 6.88. The predicted molar refractivity (Wildman–Crippen MR) is 166 cm³/mol. The smallest absolute Gasteiger partial charge is 0.407 e. The molecule has 1 saturated heterocycles. The Labute approximate surface area is 249 Å². The monoisotopic (exact) mass is 565 g/mol. The second-order valence-corrected chi connectivity index (χ2v) is 13.9. The summed E-state index contributed by atoms with van der Waals surface area (Å²) in [6.07, 6.45) is 12.2. The average molecular weight is 566 g/mol. The molecule has 0 aromatic heterocycles. The third-order valence-electron chi connectivity index (χ3n) is 10.9. The van der Waals surface area contributed by atoms with E-state index < -0.39 is 12.1 Å². The van der Waals surface area contributed by atoms with Crippen LogP contribution in [0, 0.1) is 24.2 Å². The number of rotatable bonds is 6. The van der Waals surface area contributed by atoms with Crippen LogP contribution in [0.4, 0.5) is 4.79 Å². The molecule has 42 heavy (non-hydrogen) atoms. The van der Waals surface area contributed by atoms with Crippen LogP contribution in [0.15, 0.2) is 47.6 Å². The van der Waals surface area contributed by atoms with Gasteiger partial charge in [-0.15, -0.1) is 0 Å². The van der Waals surface area contributed by atoms with Gasteiger partial charge in [-0.05, 0) is 102 Å². The maximum atomic E-state index is 13.7. The van der Waals surface area contributed by atoms with Crippen LogP contribution in [-0.2, 0) is 22.4 Å². The molecule has 2 heterocycles. The van der Waals surface area contributed by atoms with Crippen molar-refractivity contribution < 1.29 is 14.3 Å². The summed E-state index contributed by atoms with van der Waals surface area (Å²) in [5.74, 6) is 0.484. The molecule has 2 unspecified atom stereocenters. The number of carbonyl (C=O) groups is 2. The Morgan fingerprint density at radius 2 is 1.71 bits per heavy atom. The minimum atomic E-state index is -0.604. The average Bonchev–Trinajstić information content (AvgIpc) is 3.46. The summed E-state index contributed by atoms with van der Waals surface area (Å²) in [6, 6.07) is 13.4. The zero-order chi connectivity index (χ0) is 29.2. The Balaban J connectivity index is 1.06. The number of aliphatic imine (C=N–C) groups is 1. The molecule has 2 amide bonds. The van der Waals surface area contributed by atoms with Gasteiger partial charge in [0.05, 0.1) is 13.2 Å². The molecule has 6 heteroatoms. The molecule has 2 aromatic carbocycles. The van der Waals surface area contributed by atoms with E-state index in [1.54, 1.807) is 11.1 Å². The SMILES string of the molecule is COC(=O)N[C@H](C(=O)N1C2CC2C[C@H]1C1=NC=C(c2ccc(-c3ccc(C)c4c3CC3(CCCC3)C4)cc2)C1)C(C)C. The van der Waals surface area contributed by atoms with Crippen LogP contribution in [0.25, 0.3) is 16.7 Å². The molecule has 3 aliphatic carbocycles. The van der Waals surface area contributed by atoms with Crippen LogP contribution in [-0.4, -0.2) is 47.8 Å². The van der Waals surface area contributed by atoms with Gasteiger partial charge in [0.1, 0.15) is 6.04 Å². The van der Waals surface area contributed by atoms with Crippen molar-refractivity contribution >= 4 is 23.3 Å². The number of nitrogens with one attached hydrogen (secondary N) is 1. The van der Waals surface area contributed by atoms with E-state index in [0.29, 0.717) is 11.3 Å². The third-order valence-corrected chi connectivity index (χ3v) is 10.9. The van der Waals surface area contributed by atoms with Crippen LogP contribution in [0.3, 0.4) is 0 Å². The number of carbonyl (C=O) groups excluding carboxylic acids is 2. The Bertz CT molecular complexity index is 1480. The van der Waals surface area contributed by atoms with Gasteiger partial charge >= 0.3 is 6.09 Å². The summed E-state index contributed by atoms with van der Waals surface area (Å²) in [6.45, 7) is 6.20. The molecule has 3 fully saturated rings. The molecule has 4 atom stereocenters. The summed E-state index contributed by atoms with van der Waals surface area (Å²) in [5.41, 5.74) is 11.3. The van der Waals surface area contributed by atoms with Gasteiger partial charge in [-0.3, -0.25) is 9.79 Å². The van der Waals surface area contributed by atoms with E-state index in [-0.39, 0.29) is 23.9 Å². The number of allylic oxidation sites excluding steroid dienone is 1. The normalized spacial score (nSPS) is 25.7. The van der Waals surface area contributed by atoms with Crippen molar-refractivity contribution in [3.8, 4) is 11.1 Å². The van der Waals surface area contributed by atoms with Crippen LogP contribution in [0.5, 0.6) is 0 Å². The molecule has 220 valence electrons. The van der Waals surface area contributed by atoms with Gasteiger partial charge in [-0.2, -0.15) is 0 Å². The Hall–Kier alpha value is -3.41. The summed E-state index contributed by atoms with van der Waals surface area (Å²) < 4.78 is 4.80. The number of nitrogens with zero attached hydrogens (tertiary/aromatic N) is 2.